The molecule has 2 unspecified atom stereocenters. The van der Waals surface area contributed by atoms with E-state index in [0.717, 1.165) is 57.8 Å². The van der Waals surface area contributed by atoms with Crippen LogP contribution in [0.2, 0.25) is 0 Å². The maximum absolute atomic E-state index is 12.0. The average molecular weight is 417 g/mol. The van der Waals surface area contributed by atoms with Gasteiger partial charge in [-0.25, -0.2) is 0 Å². The highest BCUT2D eigenvalue weighted by Gasteiger charge is 2.24. The fraction of sp³-hybridized carbons (Fsp3) is 0.913. The van der Waals surface area contributed by atoms with Crippen LogP contribution in [0.15, 0.2) is 0 Å². The Morgan fingerprint density at radius 2 is 1.38 bits per heavy atom. The van der Waals surface area contributed by atoms with Crippen molar-refractivity contribution in [1.82, 2.24) is 0 Å². The Morgan fingerprint density at radius 1 is 0.862 bits per heavy atom. The van der Waals surface area contributed by atoms with Gasteiger partial charge in [-0.2, -0.15) is 0 Å². The van der Waals surface area contributed by atoms with Crippen LogP contribution in [0.5, 0.6) is 0 Å². The molecule has 0 aliphatic rings. The van der Waals surface area contributed by atoms with Crippen LogP contribution in [0.4, 0.5) is 0 Å². The number of carboxylic acids is 1. The first-order chi connectivity index (χ1) is 13.6. The standard InChI is InChI=1S/C23H45NO5/c1-5-6-7-12-15-20(25)16-13-10-8-9-11-14-17-23(28)29-21(18-22(26)27)19-24(2,3)4/h20-21,25H,5-19H2,1-4H3/p+1. The van der Waals surface area contributed by atoms with Gasteiger partial charge >= 0.3 is 11.9 Å². The van der Waals surface area contributed by atoms with Crippen LogP contribution in [-0.4, -0.2) is 66.5 Å². The summed E-state index contributed by atoms with van der Waals surface area (Å²) >= 11 is 0. The number of aliphatic hydroxyl groups is 1. The number of rotatable bonds is 19. The number of carboxylic acid groups (broad SMARTS) is 1. The van der Waals surface area contributed by atoms with Crippen molar-refractivity contribution in [3.8, 4) is 0 Å². The lowest BCUT2D eigenvalue weighted by atomic mass is 10.0. The number of ether oxygens (including phenoxy) is 1. The van der Waals surface area contributed by atoms with Crippen LogP contribution in [0.25, 0.3) is 0 Å². The smallest absolute Gasteiger partial charge is 0.307 e. The van der Waals surface area contributed by atoms with Crippen molar-refractivity contribution in [2.45, 2.75) is 109 Å². The number of quaternary nitrogens is 1. The second kappa shape index (κ2) is 16.6. The Hall–Kier alpha value is -1.14. The first-order valence-corrected chi connectivity index (χ1v) is 11.5. The predicted molar refractivity (Wildman–Crippen MR) is 117 cm³/mol. The van der Waals surface area contributed by atoms with Gasteiger partial charge in [0.15, 0.2) is 6.10 Å². The quantitative estimate of drug-likeness (QED) is 0.184. The zero-order valence-corrected chi connectivity index (χ0v) is 19.3. The van der Waals surface area contributed by atoms with Crippen molar-refractivity contribution >= 4 is 11.9 Å². The van der Waals surface area contributed by atoms with Crippen molar-refractivity contribution in [3.05, 3.63) is 0 Å². The zero-order valence-electron chi connectivity index (χ0n) is 19.3. The number of carbonyl (C=O) groups is 2. The maximum atomic E-state index is 12.0. The number of unbranched alkanes of at least 4 members (excludes halogenated alkanes) is 8. The molecule has 0 saturated carbocycles. The van der Waals surface area contributed by atoms with E-state index in [9.17, 15) is 14.7 Å². The molecule has 0 amide bonds. The van der Waals surface area contributed by atoms with Crippen molar-refractivity contribution in [3.63, 3.8) is 0 Å². The molecule has 0 aromatic rings. The largest absolute Gasteiger partial charge is 0.481 e. The van der Waals surface area contributed by atoms with Crippen molar-refractivity contribution in [2.75, 3.05) is 27.7 Å². The van der Waals surface area contributed by atoms with E-state index in [2.05, 4.69) is 6.92 Å². The van der Waals surface area contributed by atoms with Crippen LogP contribution in [0.3, 0.4) is 0 Å². The molecule has 2 atom stereocenters. The van der Waals surface area contributed by atoms with Gasteiger partial charge in [0, 0.05) is 6.42 Å². The van der Waals surface area contributed by atoms with E-state index in [1.54, 1.807) is 0 Å². The molecular weight excluding hydrogens is 370 g/mol. The second-order valence-corrected chi connectivity index (χ2v) is 9.35. The monoisotopic (exact) mass is 416 g/mol. The SMILES string of the molecule is CCCCCCC(O)CCCCCCCCC(=O)OC(CC(=O)O)C[N+](C)(C)C. The highest BCUT2D eigenvalue weighted by atomic mass is 16.5. The molecule has 0 radical (unpaired) electrons. The van der Waals surface area contributed by atoms with Crippen LogP contribution in [0, 0.1) is 0 Å². The lowest BCUT2D eigenvalue weighted by Gasteiger charge is -2.28. The summed E-state index contributed by atoms with van der Waals surface area (Å²) in [4.78, 5) is 23.0. The lowest BCUT2D eigenvalue weighted by Crippen LogP contribution is -2.43. The Kier molecular flexibility index (Phi) is 16.0. The van der Waals surface area contributed by atoms with E-state index < -0.39 is 12.1 Å². The summed E-state index contributed by atoms with van der Waals surface area (Å²) in [5, 5.41) is 19.0. The Labute approximate surface area is 178 Å². The number of hydrogen-bond acceptors (Lipinski definition) is 4. The summed E-state index contributed by atoms with van der Waals surface area (Å²) in [6.07, 6.45) is 12.3. The number of aliphatic hydroxyl groups excluding tert-OH is 1. The van der Waals surface area contributed by atoms with Gasteiger partial charge in [-0.1, -0.05) is 64.7 Å². The molecule has 0 rings (SSSR count). The molecule has 0 aromatic heterocycles. The number of hydrogen-bond donors (Lipinski definition) is 2. The van der Waals surface area contributed by atoms with E-state index in [-0.39, 0.29) is 18.5 Å². The first kappa shape index (κ1) is 27.9. The third kappa shape index (κ3) is 19.9. The summed E-state index contributed by atoms with van der Waals surface area (Å²) in [6.45, 7) is 2.69. The van der Waals surface area contributed by atoms with Crippen LogP contribution < -0.4 is 0 Å². The summed E-state index contributed by atoms with van der Waals surface area (Å²) in [5.41, 5.74) is 0. The van der Waals surface area contributed by atoms with Crippen molar-refractivity contribution in [1.29, 1.82) is 0 Å². The Bertz CT molecular complexity index is 433. The summed E-state index contributed by atoms with van der Waals surface area (Å²) in [5.74, 6) is -1.24. The van der Waals surface area contributed by atoms with E-state index in [4.69, 9.17) is 9.84 Å². The molecule has 0 aliphatic carbocycles. The zero-order chi connectivity index (χ0) is 22.1. The van der Waals surface area contributed by atoms with Gasteiger partial charge in [-0.15, -0.1) is 0 Å². The van der Waals surface area contributed by atoms with Gasteiger partial charge in [0.1, 0.15) is 6.54 Å². The van der Waals surface area contributed by atoms with E-state index in [1.165, 1.54) is 19.3 Å². The Balaban J connectivity index is 3.73. The number of aliphatic carboxylic acids is 1. The van der Waals surface area contributed by atoms with Gasteiger partial charge in [0.25, 0.3) is 0 Å². The molecule has 6 heteroatoms. The normalized spacial score (nSPS) is 13.8. The van der Waals surface area contributed by atoms with E-state index >= 15 is 0 Å². The van der Waals surface area contributed by atoms with E-state index in [1.807, 2.05) is 21.1 Å². The molecule has 0 saturated heterocycles. The first-order valence-electron chi connectivity index (χ1n) is 11.5. The number of likely N-dealkylation sites (N-methyl/N-ethyl adjacent to an activating group) is 1. The molecule has 0 aliphatic heterocycles. The van der Waals surface area contributed by atoms with Crippen LogP contribution >= 0.6 is 0 Å². The molecule has 0 heterocycles. The maximum Gasteiger partial charge on any atom is 0.307 e. The number of esters is 1. The lowest BCUT2D eigenvalue weighted by molar-refractivity contribution is -0.873. The minimum Gasteiger partial charge on any atom is -0.481 e. The molecule has 2 N–H and O–H groups in total. The van der Waals surface area contributed by atoms with Gasteiger partial charge in [0.2, 0.25) is 0 Å². The number of carbonyl (C=O) groups excluding carboxylic acids is 1. The third-order valence-corrected chi connectivity index (χ3v) is 5.01. The molecule has 29 heavy (non-hydrogen) atoms. The van der Waals surface area contributed by atoms with Gasteiger partial charge < -0.3 is 19.4 Å². The van der Waals surface area contributed by atoms with Gasteiger partial charge in [-0.3, -0.25) is 9.59 Å². The molecule has 0 spiro atoms. The summed E-state index contributed by atoms with van der Waals surface area (Å²) in [7, 11) is 5.86. The fourth-order valence-corrected chi connectivity index (χ4v) is 3.50. The minimum atomic E-state index is -0.942. The van der Waals surface area contributed by atoms with Crippen molar-refractivity contribution in [2.24, 2.45) is 0 Å². The van der Waals surface area contributed by atoms with Crippen LogP contribution in [0.1, 0.15) is 96.8 Å². The van der Waals surface area contributed by atoms with E-state index in [0.29, 0.717) is 17.4 Å². The molecule has 0 bridgehead atoms. The van der Waals surface area contributed by atoms with Gasteiger partial charge in [-0.05, 0) is 19.3 Å². The highest BCUT2D eigenvalue weighted by Crippen LogP contribution is 2.14. The minimum absolute atomic E-state index is 0.146. The summed E-state index contributed by atoms with van der Waals surface area (Å²) < 4.78 is 5.95. The predicted octanol–water partition coefficient (Wildman–Crippen LogP) is 4.53. The Morgan fingerprint density at radius 3 is 1.90 bits per heavy atom. The highest BCUT2D eigenvalue weighted by molar-refractivity contribution is 5.71. The topological polar surface area (TPSA) is 83.8 Å². The molecule has 6 nitrogen and oxygen atoms in total. The van der Waals surface area contributed by atoms with Gasteiger partial charge in [0.05, 0.1) is 33.7 Å². The molecule has 0 aromatic carbocycles. The summed E-state index contributed by atoms with van der Waals surface area (Å²) in [6, 6.07) is 0. The second-order valence-electron chi connectivity index (χ2n) is 9.35. The number of nitrogens with zero attached hydrogens (tertiary/aromatic N) is 1. The molecular formula is C23H46NO5+. The molecule has 0 fully saturated rings. The average Bonchev–Trinajstić information content (AvgIpc) is 2.58. The van der Waals surface area contributed by atoms with Crippen LogP contribution in [-0.2, 0) is 14.3 Å². The molecule has 172 valence electrons. The third-order valence-electron chi connectivity index (χ3n) is 5.01. The fourth-order valence-electron chi connectivity index (χ4n) is 3.50. The van der Waals surface area contributed by atoms with Crippen molar-refractivity contribution < 1.29 is 29.0 Å².